The van der Waals surface area contributed by atoms with Crippen molar-refractivity contribution in [2.75, 3.05) is 0 Å². The van der Waals surface area contributed by atoms with E-state index in [1.807, 2.05) is 30.3 Å². The van der Waals surface area contributed by atoms with Crippen molar-refractivity contribution in [1.29, 1.82) is 0 Å². The van der Waals surface area contributed by atoms with E-state index in [4.69, 9.17) is 4.74 Å². The van der Waals surface area contributed by atoms with Gasteiger partial charge in [0.1, 0.15) is 6.61 Å². The highest BCUT2D eigenvalue weighted by molar-refractivity contribution is 5.73. The standard InChI is InChI=1S/C18H28O2/c1-6-18(4,5)16(12-14(2)3)17(19)20-13-15-10-8-7-9-11-15/h7-11,14,16H,6,12-13H2,1-5H3. The van der Waals surface area contributed by atoms with Gasteiger partial charge in [-0.2, -0.15) is 0 Å². The SMILES string of the molecule is CCC(C)(C)C(CC(C)C)C(=O)OCc1ccccc1. The first-order valence-corrected chi connectivity index (χ1v) is 7.57. The topological polar surface area (TPSA) is 26.3 Å². The van der Waals surface area contributed by atoms with Crippen LogP contribution < -0.4 is 0 Å². The first kappa shape index (κ1) is 16.7. The molecule has 0 radical (unpaired) electrons. The van der Waals surface area contributed by atoms with Crippen molar-refractivity contribution in [2.45, 2.75) is 54.1 Å². The maximum atomic E-state index is 12.4. The molecule has 0 saturated carbocycles. The Morgan fingerprint density at radius 1 is 1.20 bits per heavy atom. The second kappa shape index (κ2) is 7.47. The number of ether oxygens (including phenoxy) is 1. The molecule has 0 amide bonds. The molecular formula is C18H28O2. The zero-order valence-electron chi connectivity index (χ0n) is 13.5. The lowest BCUT2D eigenvalue weighted by Crippen LogP contribution is -2.33. The predicted molar refractivity (Wildman–Crippen MR) is 83.3 cm³/mol. The number of hydrogen-bond acceptors (Lipinski definition) is 2. The third-order valence-electron chi connectivity index (χ3n) is 4.07. The lowest BCUT2D eigenvalue weighted by atomic mass is 9.73. The molecule has 0 heterocycles. The monoisotopic (exact) mass is 276 g/mol. The van der Waals surface area contributed by atoms with Gasteiger partial charge in [0.05, 0.1) is 5.92 Å². The summed E-state index contributed by atoms with van der Waals surface area (Å²) < 4.78 is 5.54. The van der Waals surface area contributed by atoms with Crippen molar-refractivity contribution in [1.82, 2.24) is 0 Å². The summed E-state index contributed by atoms with van der Waals surface area (Å²) in [5, 5.41) is 0. The Morgan fingerprint density at radius 3 is 2.30 bits per heavy atom. The largest absolute Gasteiger partial charge is 0.461 e. The van der Waals surface area contributed by atoms with Crippen molar-refractivity contribution >= 4 is 5.97 Å². The molecule has 1 aromatic carbocycles. The first-order valence-electron chi connectivity index (χ1n) is 7.57. The Hall–Kier alpha value is -1.31. The first-order chi connectivity index (χ1) is 9.36. The third kappa shape index (κ3) is 4.99. The van der Waals surface area contributed by atoms with Gasteiger partial charge >= 0.3 is 5.97 Å². The summed E-state index contributed by atoms with van der Waals surface area (Å²) in [6, 6.07) is 9.86. The average molecular weight is 276 g/mol. The molecule has 2 heteroatoms. The van der Waals surface area contributed by atoms with Gasteiger partial charge in [-0.1, -0.05) is 71.4 Å². The molecule has 1 atom stereocenters. The van der Waals surface area contributed by atoms with Crippen LogP contribution in [0.25, 0.3) is 0 Å². The zero-order valence-corrected chi connectivity index (χ0v) is 13.5. The molecule has 0 aliphatic carbocycles. The van der Waals surface area contributed by atoms with E-state index in [-0.39, 0.29) is 17.3 Å². The molecule has 2 nitrogen and oxygen atoms in total. The minimum absolute atomic E-state index is 0.0158. The van der Waals surface area contributed by atoms with E-state index in [1.54, 1.807) is 0 Å². The third-order valence-corrected chi connectivity index (χ3v) is 4.07. The number of benzene rings is 1. The number of esters is 1. The summed E-state index contributed by atoms with van der Waals surface area (Å²) in [6.07, 6.45) is 1.86. The Balaban J connectivity index is 2.68. The maximum absolute atomic E-state index is 12.4. The van der Waals surface area contributed by atoms with E-state index in [0.717, 1.165) is 18.4 Å². The van der Waals surface area contributed by atoms with Crippen LogP contribution >= 0.6 is 0 Å². The van der Waals surface area contributed by atoms with E-state index in [1.165, 1.54) is 0 Å². The van der Waals surface area contributed by atoms with Gasteiger partial charge in [0.15, 0.2) is 0 Å². The summed E-state index contributed by atoms with van der Waals surface area (Å²) in [7, 11) is 0. The van der Waals surface area contributed by atoms with Crippen LogP contribution in [0, 0.1) is 17.3 Å². The molecule has 1 rings (SSSR count). The molecule has 0 saturated heterocycles. The average Bonchev–Trinajstić information content (AvgIpc) is 2.43. The Labute approximate surface area is 123 Å². The fraction of sp³-hybridized carbons (Fsp3) is 0.611. The molecule has 112 valence electrons. The summed E-state index contributed by atoms with van der Waals surface area (Å²) in [5.74, 6) is 0.403. The Morgan fingerprint density at radius 2 is 1.80 bits per heavy atom. The van der Waals surface area contributed by atoms with Crippen molar-refractivity contribution in [2.24, 2.45) is 17.3 Å². The minimum Gasteiger partial charge on any atom is -0.461 e. The highest BCUT2D eigenvalue weighted by atomic mass is 16.5. The molecular weight excluding hydrogens is 248 g/mol. The molecule has 0 spiro atoms. The van der Waals surface area contributed by atoms with E-state index >= 15 is 0 Å². The lowest BCUT2D eigenvalue weighted by Gasteiger charge is -2.32. The molecule has 0 fully saturated rings. The second-order valence-corrected chi connectivity index (χ2v) is 6.62. The lowest BCUT2D eigenvalue weighted by molar-refractivity contribution is -0.155. The van der Waals surface area contributed by atoms with E-state index in [9.17, 15) is 4.79 Å². The quantitative estimate of drug-likeness (QED) is 0.667. The van der Waals surface area contributed by atoms with Gasteiger partial charge in [-0.3, -0.25) is 4.79 Å². The summed E-state index contributed by atoms with van der Waals surface area (Å²) >= 11 is 0. The van der Waals surface area contributed by atoms with Crippen LogP contribution in [0.5, 0.6) is 0 Å². The molecule has 0 bridgehead atoms. The van der Waals surface area contributed by atoms with Gasteiger partial charge < -0.3 is 4.74 Å². The van der Waals surface area contributed by atoms with Crippen molar-refractivity contribution in [3.63, 3.8) is 0 Å². The Kier molecular flexibility index (Phi) is 6.25. The predicted octanol–water partition coefficient (Wildman–Crippen LogP) is 4.83. The Bertz CT molecular complexity index is 407. The highest BCUT2D eigenvalue weighted by Gasteiger charge is 2.35. The fourth-order valence-electron chi connectivity index (χ4n) is 2.28. The number of hydrogen-bond donors (Lipinski definition) is 0. The number of rotatable bonds is 7. The van der Waals surface area contributed by atoms with Crippen LogP contribution in [0.4, 0.5) is 0 Å². The molecule has 0 aliphatic rings. The smallest absolute Gasteiger partial charge is 0.309 e. The van der Waals surface area contributed by atoms with Gasteiger partial charge in [0, 0.05) is 0 Å². The molecule has 20 heavy (non-hydrogen) atoms. The number of carbonyl (C=O) groups excluding carboxylic acids is 1. The fourth-order valence-corrected chi connectivity index (χ4v) is 2.28. The molecule has 1 unspecified atom stereocenters. The van der Waals surface area contributed by atoms with Gasteiger partial charge in [-0.05, 0) is 23.3 Å². The van der Waals surface area contributed by atoms with Crippen LogP contribution in [-0.2, 0) is 16.1 Å². The molecule has 1 aromatic rings. The van der Waals surface area contributed by atoms with Crippen LogP contribution in [0.2, 0.25) is 0 Å². The van der Waals surface area contributed by atoms with Crippen LogP contribution in [0.1, 0.15) is 53.0 Å². The minimum atomic E-state index is -0.0607. The van der Waals surface area contributed by atoms with Crippen molar-refractivity contribution in [3.8, 4) is 0 Å². The van der Waals surface area contributed by atoms with E-state index in [2.05, 4.69) is 34.6 Å². The van der Waals surface area contributed by atoms with Crippen LogP contribution in [-0.4, -0.2) is 5.97 Å². The molecule has 0 aromatic heterocycles. The van der Waals surface area contributed by atoms with Crippen LogP contribution in [0.3, 0.4) is 0 Å². The van der Waals surface area contributed by atoms with Crippen molar-refractivity contribution in [3.05, 3.63) is 35.9 Å². The molecule has 0 aliphatic heterocycles. The second-order valence-electron chi connectivity index (χ2n) is 6.62. The van der Waals surface area contributed by atoms with Crippen LogP contribution in [0.15, 0.2) is 30.3 Å². The maximum Gasteiger partial charge on any atom is 0.309 e. The molecule has 0 N–H and O–H groups in total. The normalized spacial score (nSPS) is 13.3. The summed E-state index contributed by atoms with van der Waals surface area (Å²) in [4.78, 5) is 12.4. The van der Waals surface area contributed by atoms with Gasteiger partial charge in [0.25, 0.3) is 0 Å². The van der Waals surface area contributed by atoms with E-state index < -0.39 is 0 Å². The zero-order chi connectivity index (χ0) is 15.2. The van der Waals surface area contributed by atoms with Crippen molar-refractivity contribution < 1.29 is 9.53 Å². The van der Waals surface area contributed by atoms with E-state index in [0.29, 0.717) is 12.5 Å². The van der Waals surface area contributed by atoms with Gasteiger partial charge in [-0.25, -0.2) is 0 Å². The van der Waals surface area contributed by atoms with Gasteiger partial charge in [-0.15, -0.1) is 0 Å². The number of carbonyl (C=O) groups is 1. The summed E-state index contributed by atoms with van der Waals surface area (Å²) in [5.41, 5.74) is 1.02. The van der Waals surface area contributed by atoms with Gasteiger partial charge in [0.2, 0.25) is 0 Å². The highest BCUT2D eigenvalue weighted by Crippen LogP contribution is 2.36. The summed E-state index contributed by atoms with van der Waals surface area (Å²) in [6.45, 7) is 11.1.